The Balaban J connectivity index is 0.939. The predicted molar refractivity (Wildman–Crippen MR) is 516 cm³/mol. The number of aliphatic carboxylic acids is 1. The fraction of sp³-hybridized carbons (Fsp3) is 0.700. The maximum Gasteiger partial charge on any atom is 0.364 e. The van der Waals surface area contributed by atoms with Crippen LogP contribution in [0.4, 0.5) is 5.69 Å². The molecule has 4 amide bonds. The van der Waals surface area contributed by atoms with E-state index in [1.165, 1.54) is 115 Å². The van der Waals surface area contributed by atoms with Crippen molar-refractivity contribution in [3.8, 4) is 11.5 Å². The summed E-state index contributed by atoms with van der Waals surface area (Å²) in [6.07, 6.45) is 5.24. The first-order valence-electron chi connectivity index (χ1n) is 49.6. The van der Waals surface area contributed by atoms with Gasteiger partial charge in [0.15, 0.2) is 18.1 Å². The number of amides is 4. The zero-order valence-electron chi connectivity index (χ0n) is 81.5. The third-order valence-electron chi connectivity index (χ3n) is 26.9. The number of hydrogen-bond donors (Lipinski definition) is 16. The third-order valence-corrected chi connectivity index (χ3v) is 28.3. The number of likely N-dealkylation sites (N-methyl/N-ethyl adjacent to an activating group) is 2. The molecule has 35 nitrogen and oxygen atoms in total. The zero-order chi connectivity index (χ0) is 100. The van der Waals surface area contributed by atoms with Crippen molar-refractivity contribution in [1.29, 1.82) is 0 Å². The van der Waals surface area contributed by atoms with Crippen molar-refractivity contribution in [3.63, 3.8) is 0 Å². The number of allylic oxidation sites excluding steroid dienone is 1. The number of hydrogen-bond acceptors (Lipinski definition) is 27. The van der Waals surface area contributed by atoms with E-state index in [1.54, 1.807) is 66.8 Å². The van der Waals surface area contributed by atoms with E-state index >= 15 is 4.79 Å². The van der Waals surface area contributed by atoms with E-state index in [1.807, 2.05) is 57.1 Å². The average Bonchev–Trinajstić information content (AvgIpc) is 0.706. The quantitative estimate of drug-likeness (QED) is 0.00872. The molecule has 770 valence electrons. The molecule has 0 aromatic heterocycles. The maximum atomic E-state index is 15.3. The van der Waals surface area contributed by atoms with Gasteiger partial charge in [0.25, 0.3) is 31.9 Å². The first kappa shape index (κ1) is 113. The molecule has 0 unspecified atom stereocenters. The van der Waals surface area contributed by atoms with Gasteiger partial charge in [0.05, 0.1) is 61.3 Å². The Morgan fingerprint density at radius 1 is 0.642 bits per heavy atom. The number of carbonyl (C=O) groups excluding carboxylic acids is 4. The fourth-order valence-corrected chi connectivity index (χ4v) is 21.0. The molecule has 6 aliphatic rings. The summed E-state index contributed by atoms with van der Waals surface area (Å²) < 4.78 is 118. The molecule has 6 aliphatic heterocycles. The molecule has 3 aromatic rings. The summed E-state index contributed by atoms with van der Waals surface area (Å²) >= 11 is 0. The van der Waals surface area contributed by atoms with Crippen LogP contribution in [-0.2, 0) is 67.8 Å². The highest BCUT2D eigenvalue weighted by atomic mass is 32.2. The number of ether oxygens (including phenoxy) is 7. The Hall–Kier alpha value is -7.32. The largest absolute Gasteiger partial charge is 0.477 e. The Morgan fingerprint density at radius 2 is 1.21 bits per heavy atom. The number of benzene rings is 3. The van der Waals surface area contributed by atoms with Gasteiger partial charge in [-0.05, 0) is 94.4 Å². The van der Waals surface area contributed by atoms with Crippen molar-refractivity contribution in [2.75, 3.05) is 69.5 Å². The highest BCUT2D eigenvalue weighted by molar-refractivity contribution is 7.86. The molecule has 37 heteroatoms. The van der Waals surface area contributed by atoms with Gasteiger partial charge in [-0.2, -0.15) is 16.8 Å². The Kier molecular flexibility index (Phi) is 43.9. The summed E-state index contributed by atoms with van der Waals surface area (Å²) in [5, 5.41) is 135. The normalized spacial score (nSPS) is 25.0. The number of anilines is 1. The van der Waals surface area contributed by atoms with E-state index in [2.05, 4.69) is 29.8 Å². The summed E-state index contributed by atoms with van der Waals surface area (Å²) in [5.74, 6) is -8.77. The van der Waals surface area contributed by atoms with Gasteiger partial charge in [-0.15, -0.1) is 0 Å². The summed E-state index contributed by atoms with van der Waals surface area (Å²) in [6, 6.07) is 10.8. The number of aliphatic hydroxyl groups is 10. The number of unbranched alkanes of at least 4 members (excludes halogenated alkanes) is 25. The molecule has 0 saturated carbocycles. The van der Waals surface area contributed by atoms with Crippen molar-refractivity contribution >= 4 is 72.2 Å². The Bertz CT molecular complexity index is 4930. The number of carboxylic acid groups (broad SMARTS) is 1. The van der Waals surface area contributed by atoms with Crippen LogP contribution >= 0.6 is 0 Å². The third kappa shape index (κ3) is 31.3. The van der Waals surface area contributed by atoms with Crippen LogP contribution in [0.2, 0.25) is 0 Å². The summed E-state index contributed by atoms with van der Waals surface area (Å²) in [5.41, 5.74) is 1.62. The van der Waals surface area contributed by atoms with E-state index < -0.39 is 209 Å². The van der Waals surface area contributed by atoms with Crippen LogP contribution in [0.5, 0.6) is 11.5 Å². The van der Waals surface area contributed by atoms with Crippen LogP contribution in [0, 0.1) is 0 Å². The smallest absolute Gasteiger partial charge is 0.364 e. The minimum atomic E-state index is -4.64. The second kappa shape index (κ2) is 53.1. The maximum absolute atomic E-state index is 15.3. The highest BCUT2D eigenvalue weighted by Crippen LogP contribution is 2.48. The zero-order valence-corrected chi connectivity index (χ0v) is 83.2. The molecule has 0 spiro atoms. The van der Waals surface area contributed by atoms with Gasteiger partial charge in [-0.25, -0.2) is 9.37 Å². The van der Waals surface area contributed by atoms with Crippen LogP contribution in [0.15, 0.2) is 72.8 Å². The SMILES string of the molecule is CCCCCCCCCCCCC/C=C/[C@@H](O)[C@H](CO[C@@H]1O[C@H](CO)[C@@H](O[C@@H]2O[C@H](CNC(=O)CCCN(C)C(=O)c3ccccc3C3=c4cc5c(cc4Oc4cc6c(cc43)C(CS(=O)(=O)O)=CC(C)(C)N6CC)=[N+](CC)C(C)(C)C=C5CS(=O)(=O)O)[C@H](O)[C@H](O[C@]3(C(=O)O)C[C@H](O)[C@@H](NC(C)=O)[C@H]([C@H](O)[C@H](O)CO)O3)[C@H]2O)[C@H](O)[C@H]1O)NC(=O)CCCCCCCCCCCCCCCCC. The van der Waals surface area contributed by atoms with Gasteiger partial charge in [-0.1, -0.05) is 204 Å². The van der Waals surface area contributed by atoms with E-state index in [0.29, 0.717) is 81.5 Å². The molecule has 16 N–H and O–H groups in total. The molecule has 18 atom stereocenters. The first-order chi connectivity index (χ1) is 65.1. The predicted octanol–water partition coefficient (Wildman–Crippen LogP) is 7.66. The molecule has 0 aliphatic carbocycles. The minimum absolute atomic E-state index is 0.0609. The van der Waals surface area contributed by atoms with Crippen LogP contribution < -0.4 is 40.7 Å². The summed E-state index contributed by atoms with van der Waals surface area (Å²) in [4.78, 5) is 73.0. The van der Waals surface area contributed by atoms with Crippen molar-refractivity contribution in [2.45, 2.75) is 382 Å². The molecule has 3 saturated heterocycles. The van der Waals surface area contributed by atoms with E-state index in [-0.39, 0.29) is 48.4 Å². The second-order valence-corrected chi connectivity index (χ2v) is 41.6. The van der Waals surface area contributed by atoms with E-state index in [0.717, 1.165) is 64.7 Å². The number of rotatable bonds is 58. The lowest BCUT2D eigenvalue weighted by molar-refractivity contribution is -0.384. The fourth-order valence-electron chi connectivity index (χ4n) is 19.7. The lowest BCUT2D eigenvalue weighted by Crippen LogP contribution is -2.71. The second-order valence-electron chi connectivity index (χ2n) is 38.7. The Morgan fingerprint density at radius 3 is 1.77 bits per heavy atom. The van der Waals surface area contributed by atoms with Crippen LogP contribution in [0.25, 0.3) is 16.7 Å². The summed E-state index contributed by atoms with van der Waals surface area (Å²) in [7, 11) is -7.79. The number of fused-ring (bicyclic) bond motifs is 4. The molecule has 6 heterocycles. The Labute approximate surface area is 807 Å². The van der Waals surface area contributed by atoms with Crippen molar-refractivity contribution in [2.24, 2.45) is 0 Å². The van der Waals surface area contributed by atoms with Gasteiger partial charge >= 0.3 is 5.97 Å². The van der Waals surface area contributed by atoms with Crippen LogP contribution in [0.3, 0.4) is 0 Å². The van der Waals surface area contributed by atoms with Crippen molar-refractivity contribution in [1.82, 2.24) is 25.4 Å². The number of nitrogens with one attached hydrogen (secondary N) is 3. The van der Waals surface area contributed by atoms with Gasteiger partial charge in [0.1, 0.15) is 96.7 Å². The first-order valence-corrected chi connectivity index (χ1v) is 52.8. The van der Waals surface area contributed by atoms with Gasteiger partial charge in [0.2, 0.25) is 23.1 Å². The molecular formula is C100H155N6O29S2+. The highest BCUT2D eigenvalue weighted by Gasteiger charge is 2.61. The number of aliphatic hydroxyl groups excluding tert-OH is 10. The minimum Gasteiger partial charge on any atom is -0.477 e. The molecule has 0 radical (unpaired) electrons. The molecule has 137 heavy (non-hydrogen) atoms. The average molecular weight is 1970 g/mol. The lowest BCUT2D eigenvalue weighted by Gasteiger charge is -2.50. The van der Waals surface area contributed by atoms with E-state index in [9.17, 15) is 101 Å². The van der Waals surface area contributed by atoms with Gasteiger partial charge in [-0.3, -0.25) is 28.3 Å². The van der Waals surface area contributed by atoms with Crippen LogP contribution in [-0.4, -0.2) is 302 Å². The molecule has 3 fully saturated rings. The number of carbonyl (C=O) groups is 5. The van der Waals surface area contributed by atoms with Gasteiger partial charge < -0.3 is 115 Å². The lowest BCUT2D eigenvalue weighted by atomic mass is 9.83. The van der Waals surface area contributed by atoms with Crippen LogP contribution in [0.1, 0.15) is 294 Å². The summed E-state index contributed by atoms with van der Waals surface area (Å²) in [6.45, 7) is 14.3. The van der Waals surface area contributed by atoms with Crippen molar-refractivity contribution in [3.05, 3.63) is 111 Å². The standard InChI is InChI=1S/C100H154N6O29S2/c1-11-15-17-19-21-23-25-27-28-30-32-34-36-38-40-47-83(114)103-72(75(110)46-39-37-35-33-31-29-26-24-22-20-18-16-12-2)60-129-95-89(118)88(117)91(81(59-108)132-95)133-96-90(119)93(135-100(97(121)122)56-76(111)85(102-63(5)109)92(134-100)86(115)77(112)58-107)87(116)80(131-96)57-101-82(113)48-43-49-104(10)94(120)67-45-42-41-44-66(67)84-70-50-68-64(61-136(123,124)125)54-98(6,7)105(13-3)73(68)52-78(70)130-79-53-74-69(51-71(79)84)65(62-137(126,127)128)55-99(8,9)106(74)14-4/h39,41-42,44-46,50-55,72,75-77,80-81,85-93,95-96,107-108,110-112,115-119H,11-38,40,43,47-49,56-62H2,1-10H3,(H5-,101,102,103,109,113,114,121,122,123,124,125,126,127,128)/p+1/b46-39+/t72-,75+,76-,77+,80+,81+,85+,86+,87-,88+,89+,90+,91+,92+,93-,95+,96-,100-/m0/s1. The molecular weight excluding hydrogens is 1810 g/mol. The van der Waals surface area contributed by atoms with Crippen molar-refractivity contribution < 1.29 is 139 Å². The van der Waals surface area contributed by atoms with E-state index in [4.69, 9.17) is 33.2 Å². The number of carboxylic acids is 1. The topological polar surface area (TPSA) is 527 Å². The molecule has 9 rings (SSSR count). The molecule has 3 aromatic carbocycles. The number of nitrogens with zero attached hydrogens (tertiary/aromatic N) is 3. The monoisotopic (exact) mass is 1970 g/mol. The van der Waals surface area contributed by atoms with Gasteiger partial charge in [0, 0.05) is 106 Å². The molecule has 0 bridgehead atoms.